The SMILES string of the molecule is CCc1cccc(-c2cc(F)c(C(=O)O)c(F)c2)c1. The molecule has 0 saturated heterocycles. The van der Waals surface area contributed by atoms with E-state index in [1.807, 2.05) is 19.1 Å². The predicted octanol–water partition coefficient (Wildman–Crippen LogP) is 3.89. The Hall–Kier alpha value is -2.23. The number of benzene rings is 2. The normalized spacial score (nSPS) is 10.5. The number of carboxylic acid groups (broad SMARTS) is 1. The molecule has 0 aliphatic heterocycles. The fourth-order valence-corrected chi connectivity index (χ4v) is 1.91. The average Bonchev–Trinajstić information content (AvgIpc) is 2.37. The second-order valence-electron chi connectivity index (χ2n) is 4.17. The summed E-state index contributed by atoms with van der Waals surface area (Å²) in [5.41, 5.74) is 1.11. The van der Waals surface area contributed by atoms with Gasteiger partial charge < -0.3 is 5.11 Å². The number of aryl methyl sites for hydroxylation is 1. The van der Waals surface area contributed by atoms with Crippen molar-refractivity contribution in [3.05, 3.63) is 59.2 Å². The Kier molecular flexibility index (Phi) is 3.60. The molecule has 2 rings (SSSR count). The van der Waals surface area contributed by atoms with Gasteiger partial charge in [0.15, 0.2) is 0 Å². The Balaban J connectivity index is 2.55. The maximum atomic E-state index is 13.6. The molecule has 98 valence electrons. The van der Waals surface area contributed by atoms with Crippen molar-refractivity contribution in [2.45, 2.75) is 13.3 Å². The van der Waals surface area contributed by atoms with E-state index in [0.717, 1.165) is 24.1 Å². The number of halogens is 2. The number of rotatable bonds is 3. The maximum Gasteiger partial charge on any atom is 0.341 e. The monoisotopic (exact) mass is 262 g/mol. The molecule has 0 heterocycles. The quantitative estimate of drug-likeness (QED) is 0.911. The predicted molar refractivity (Wildman–Crippen MR) is 68.1 cm³/mol. The molecule has 0 atom stereocenters. The van der Waals surface area contributed by atoms with E-state index >= 15 is 0 Å². The molecule has 2 nitrogen and oxygen atoms in total. The minimum atomic E-state index is -1.61. The van der Waals surface area contributed by atoms with Crippen LogP contribution < -0.4 is 0 Å². The Labute approximate surface area is 109 Å². The summed E-state index contributed by atoms with van der Waals surface area (Å²) in [6.07, 6.45) is 0.812. The fraction of sp³-hybridized carbons (Fsp3) is 0.133. The molecule has 1 N–H and O–H groups in total. The maximum absolute atomic E-state index is 13.6. The number of carbonyl (C=O) groups is 1. The van der Waals surface area contributed by atoms with Crippen LogP contribution in [0.1, 0.15) is 22.8 Å². The highest BCUT2D eigenvalue weighted by molar-refractivity contribution is 5.89. The van der Waals surface area contributed by atoms with Crippen molar-refractivity contribution in [2.75, 3.05) is 0 Å². The fourth-order valence-electron chi connectivity index (χ4n) is 1.91. The minimum Gasteiger partial charge on any atom is -0.477 e. The molecular weight excluding hydrogens is 250 g/mol. The minimum absolute atomic E-state index is 0.329. The molecule has 0 aliphatic carbocycles. The summed E-state index contributed by atoms with van der Waals surface area (Å²) in [4.78, 5) is 10.7. The van der Waals surface area contributed by atoms with Gasteiger partial charge in [0.05, 0.1) is 0 Å². The molecule has 4 heteroatoms. The van der Waals surface area contributed by atoms with Crippen LogP contribution in [0, 0.1) is 11.6 Å². The van der Waals surface area contributed by atoms with E-state index in [0.29, 0.717) is 11.1 Å². The molecule has 0 amide bonds. The van der Waals surface area contributed by atoms with Crippen LogP contribution in [0.3, 0.4) is 0 Å². The lowest BCUT2D eigenvalue weighted by Gasteiger charge is -2.07. The summed E-state index contributed by atoms with van der Waals surface area (Å²) in [6, 6.07) is 9.36. The highest BCUT2D eigenvalue weighted by Crippen LogP contribution is 2.25. The molecule has 0 saturated carbocycles. The lowest BCUT2D eigenvalue weighted by Crippen LogP contribution is -2.04. The van der Waals surface area contributed by atoms with Crippen LogP contribution in [0.25, 0.3) is 11.1 Å². The highest BCUT2D eigenvalue weighted by atomic mass is 19.1. The van der Waals surface area contributed by atoms with Crippen LogP contribution in [-0.4, -0.2) is 11.1 Å². The zero-order valence-corrected chi connectivity index (χ0v) is 10.3. The lowest BCUT2D eigenvalue weighted by molar-refractivity contribution is 0.0686. The summed E-state index contributed by atoms with van der Waals surface area (Å²) >= 11 is 0. The molecule has 0 fully saturated rings. The van der Waals surface area contributed by atoms with E-state index in [9.17, 15) is 13.6 Å². The summed E-state index contributed by atoms with van der Waals surface area (Å²) in [6.45, 7) is 1.98. The first-order chi connectivity index (χ1) is 9.02. The molecular formula is C15H12F2O2. The summed E-state index contributed by atoms with van der Waals surface area (Å²) < 4.78 is 27.2. The van der Waals surface area contributed by atoms with Crippen molar-refractivity contribution >= 4 is 5.97 Å². The summed E-state index contributed by atoms with van der Waals surface area (Å²) in [5, 5.41) is 8.71. The number of hydrogen-bond donors (Lipinski definition) is 1. The Morgan fingerprint density at radius 1 is 1.11 bits per heavy atom. The van der Waals surface area contributed by atoms with Crippen molar-refractivity contribution in [3.8, 4) is 11.1 Å². The van der Waals surface area contributed by atoms with E-state index in [4.69, 9.17) is 5.11 Å². The first-order valence-corrected chi connectivity index (χ1v) is 5.84. The van der Waals surface area contributed by atoms with E-state index < -0.39 is 23.2 Å². The van der Waals surface area contributed by atoms with Crippen LogP contribution in [-0.2, 0) is 6.42 Å². The number of aromatic carboxylic acids is 1. The molecule has 19 heavy (non-hydrogen) atoms. The van der Waals surface area contributed by atoms with E-state index in [1.54, 1.807) is 12.1 Å². The lowest BCUT2D eigenvalue weighted by atomic mass is 10.00. The topological polar surface area (TPSA) is 37.3 Å². The average molecular weight is 262 g/mol. The van der Waals surface area contributed by atoms with Gasteiger partial charge in [-0.05, 0) is 35.2 Å². The largest absolute Gasteiger partial charge is 0.477 e. The second kappa shape index (κ2) is 5.18. The number of carboxylic acids is 1. The van der Waals surface area contributed by atoms with Gasteiger partial charge in [-0.15, -0.1) is 0 Å². The Morgan fingerprint density at radius 2 is 1.74 bits per heavy atom. The van der Waals surface area contributed by atoms with Crippen molar-refractivity contribution in [1.29, 1.82) is 0 Å². The standard InChI is InChI=1S/C15H12F2O2/c1-2-9-4-3-5-10(6-9)11-7-12(16)14(15(18)19)13(17)8-11/h3-8H,2H2,1H3,(H,18,19). The molecule has 0 radical (unpaired) electrons. The van der Waals surface area contributed by atoms with Gasteiger partial charge in [-0.2, -0.15) is 0 Å². The van der Waals surface area contributed by atoms with Crippen LogP contribution >= 0.6 is 0 Å². The highest BCUT2D eigenvalue weighted by Gasteiger charge is 2.18. The molecule has 0 unspecified atom stereocenters. The van der Waals surface area contributed by atoms with Gasteiger partial charge in [-0.1, -0.05) is 31.2 Å². The molecule has 0 aliphatic rings. The molecule has 0 bridgehead atoms. The second-order valence-corrected chi connectivity index (χ2v) is 4.17. The third-order valence-corrected chi connectivity index (χ3v) is 2.92. The van der Waals surface area contributed by atoms with Crippen molar-refractivity contribution in [3.63, 3.8) is 0 Å². The molecule has 2 aromatic rings. The van der Waals surface area contributed by atoms with Crippen molar-refractivity contribution < 1.29 is 18.7 Å². The zero-order valence-electron chi connectivity index (χ0n) is 10.3. The van der Waals surface area contributed by atoms with Crippen LogP contribution in [0.4, 0.5) is 8.78 Å². The van der Waals surface area contributed by atoms with Crippen LogP contribution in [0.15, 0.2) is 36.4 Å². The third kappa shape index (κ3) is 2.62. The van der Waals surface area contributed by atoms with Gasteiger partial charge in [0.1, 0.15) is 17.2 Å². The van der Waals surface area contributed by atoms with Crippen molar-refractivity contribution in [2.24, 2.45) is 0 Å². The van der Waals surface area contributed by atoms with Gasteiger partial charge in [-0.25, -0.2) is 13.6 Å². The third-order valence-electron chi connectivity index (χ3n) is 2.92. The summed E-state index contributed by atoms with van der Waals surface area (Å²) in [5.74, 6) is -3.74. The molecule has 0 spiro atoms. The van der Waals surface area contributed by atoms with Gasteiger partial charge in [0.2, 0.25) is 0 Å². The first-order valence-electron chi connectivity index (χ1n) is 5.84. The van der Waals surface area contributed by atoms with Crippen molar-refractivity contribution in [1.82, 2.24) is 0 Å². The van der Waals surface area contributed by atoms with Gasteiger partial charge >= 0.3 is 5.97 Å². The van der Waals surface area contributed by atoms with Gasteiger partial charge in [0, 0.05) is 0 Å². The van der Waals surface area contributed by atoms with Crippen LogP contribution in [0.2, 0.25) is 0 Å². The van der Waals surface area contributed by atoms with E-state index in [2.05, 4.69) is 0 Å². The Morgan fingerprint density at radius 3 is 2.26 bits per heavy atom. The summed E-state index contributed by atoms with van der Waals surface area (Å²) in [7, 11) is 0. The smallest absolute Gasteiger partial charge is 0.341 e. The first kappa shape index (κ1) is 13.2. The Bertz CT molecular complexity index is 613. The molecule has 2 aromatic carbocycles. The van der Waals surface area contributed by atoms with Crippen LogP contribution in [0.5, 0.6) is 0 Å². The van der Waals surface area contributed by atoms with Gasteiger partial charge in [-0.3, -0.25) is 0 Å². The van der Waals surface area contributed by atoms with E-state index in [1.165, 1.54) is 0 Å². The molecule has 0 aromatic heterocycles. The van der Waals surface area contributed by atoms with Gasteiger partial charge in [0.25, 0.3) is 0 Å². The van der Waals surface area contributed by atoms with E-state index in [-0.39, 0.29) is 0 Å². The zero-order chi connectivity index (χ0) is 14.0. The number of hydrogen-bond acceptors (Lipinski definition) is 1.